The van der Waals surface area contributed by atoms with Crippen molar-refractivity contribution >= 4 is 33.5 Å². The van der Waals surface area contributed by atoms with Gasteiger partial charge in [0.2, 0.25) is 0 Å². The third kappa shape index (κ3) is 1.99. The Balaban J connectivity index is 2.10. The van der Waals surface area contributed by atoms with E-state index in [1.807, 2.05) is 6.92 Å². The molecule has 0 amide bonds. The molecule has 0 unspecified atom stereocenters. The molecule has 2 saturated heterocycles. The van der Waals surface area contributed by atoms with Gasteiger partial charge in [0.15, 0.2) is 0 Å². The number of hydrogen-bond acceptors (Lipinski definition) is 3. The Bertz CT molecular complexity index is 499. The first kappa shape index (κ1) is 17.0. The zero-order chi connectivity index (χ0) is 16.6. The summed E-state index contributed by atoms with van der Waals surface area (Å²) in [4.78, 5) is 11.5. The average Bonchev–Trinajstić information content (AvgIpc) is 2.81. The van der Waals surface area contributed by atoms with Gasteiger partial charge < -0.3 is 9.47 Å². The quantitative estimate of drug-likeness (QED) is 0.488. The molecule has 0 aromatic rings. The van der Waals surface area contributed by atoms with Crippen LogP contribution >= 0.6 is 27.5 Å². The van der Waals surface area contributed by atoms with Gasteiger partial charge in [-0.1, -0.05) is 29.8 Å². The second-order valence-electron chi connectivity index (χ2n) is 8.32. The molecule has 22 heavy (non-hydrogen) atoms. The van der Waals surface area contributed by atoms with E-state index < -0.39 is 4.87 Å². The maximum Gasteiger partial charge on any atom is 0.302 e. The molecule has 2 bridgehead atoms. The van der Waals surface area contributed by atoms with Crippen molar-refractivity contribution in [3.8, 4) is 0 Å². The highest BCUT2D eigenvalue weighted by atomic mass is 79.9. The van der Waals surface area contributed by atoms with Crippen molar-refractivity contribution < 1.29 is 14.3 Å². The van der Waals surface area contributed by atoms with E-state index in [1.54, 1.807) is 0 Å². The number of rotatable bonds is 1. The van der Waals surface area contributed by atoms with Crippen molar-refractivity contribution in [3.63, 3.8) is 0 Å². The van der Waals surface area contributed by atoms with E-state index in [0.29, 0.717) is 6.42 Å². The fourth-order valence-corrected chi connectivity index (χ4v) is 6.43. The first-order valence-electron chi connectivity index (χ1n) is 8.14. The zero-order valence-corrected chi connectivity index (χ0v) is 16.4. The van der Waals surface area contributed by atoms with Crippen LogP contribution in [0.1, 0.15) is 60.3 Å². The van der Waals surface area contributed by atoms with Gasteiger partial charge in [-0.05, 0) is 33.1 Å². The van der Waals surface area contributed by atoms with E-state index in [2.05, 4.69) is 36.7 Å². The normalized spacial score (nSPS) is 53.0. The highest BCUT2D eigenvalue weighted by Gasteiger charge is 2.76. The number of carbonyl (C=O) groups excluding carboxylic acids is 1. The molecule has 1 aliphatic carbocycles. The highest BCUT2D eigenvalue weighted by molar-refractivity contribution is 9.09. The molecule has 5 heteroatoms. The molecule has 3 rings (SSSR count). The van der Waals surface area contributed by atoms with Crippen LogP contribution < -0.4 is 0 Å². The van der Waals surface area contributed by atoms with Gasteiger partial charge in [0.05, 0.1) is 16.6 Å². The largest absolute Gasteiger partial charge is 0.462 e. The SMILES string of the molecule is CC(=O)O[C@H]1C[C@](C)(Cl)[C@@H](Br)C[C@]12C(C)(C)[C@H]1CC[C@]2(C)O1. The van der Waals surface area contributed by atoms with Gasteiger partial charge in [-0.15, -0.1) is 11.6 Å². The number of ether oxygens (including phenoxy) is 2. The van der Waals surface area contributed by atoms with Crippen molar-refractivity contribution in [2.45, 2.75) is 87.8 Å². The lowest BCUT2D eigenvalue weighted by molar-refractivity contribution is -0.184. The van der Waals surface area contributed by atoms with Crippen LogP contribution in [-0.4, -0.2) is 33.5 Å². The predicted octanol–water partition coefficient (Wildman–Crippen LogP) is 4.44. The number of halogens is 2. The highest BCUT2D eigenvalue weighted by Crippen LogP contribution is 2.72. The van der Waals surface area contributed by atoms with Gasteiger partial charge in [0, 0.05) is 29.0 Å². The lowest BCUT2D eigenvalue weighted by atomic mass is 9.46. The first-order valence-corrected chi connectivity index (χ1v) is 9.44. The first-order chi connectivity index (χ1) is 9.96. The third-order valence-corrected chi connectivity index (χ3v) is 8.80. The summed E-state index contributed by atoms with van der Waals surface area (Å²) in [6, 6.07) is 0. The minimum Gasteiger partial charge on any atom is -0.462 e. The number of fused-ring (bicyclic) bond motifs is 3. The maximum atomic E-state index is 11.7. The summed E-state index contributed by atoms with van der Waals surface area (Å²) in [5.41, 5.74) is -0.489. The molecule has 0 radical (unpaired) electrons. The predicted molar refractivity (Wildman–Crippen MR) is 90.5 cm³/mol. The van der Waals surface area contributed by atoms with Crippen molar-refractivity contribution in [1.82, 2.24) is 0 Å². The summed E-state index contributed by atoms with van der Waals surface area (Å²) in [7, 11) is 0. The third-order valence-electron chi connectivity index (χ3n) is 6.78. The van der Waals surface area contributed by atoms with E-state index in [-0.39, 0.29) is 39.4 Å². The molecule has 3 fully saturated rings. The minimum absolute atomic E-state index is 0.0421. The molecule has 1 spiro atoms. The standard InChI is InChI=1S/C17H26BrClO3/c1-10(20)21-13-9-15(4,19)11(18)8-17(13)14(2,3)12-6-7-16(17,5)22-12/h11-13H,6-9H2,1-5H3/t11-,12+,13-,15-,16-,17+/m0/s1. The second-order valence-corrected chi connectivity index (χ2v) is 10.3. The van der Waals surface area contributed by atoms with Gasteiger partial charge in [-0.2, -0.15) is 0 Å². The summed E-state index contributed by atoms with van der Waals surface area (Å²) in [5, 5.41) is 0. The summed E-state index contributed by atoms with van der Waals surface area (Å²) in [6.07, 6.45) is 3.66. The van der Waals surface area contributed by atoms with Crippen LogP contribution in [0.2, 0.25) is 0 Å². The van der Waals surface area contributed by atoms with Gasteiger partial charge in [-0.3, -0.25) is 4.79 Å². The summed E-state index contributed by atoms with van der Waals surface area (Å²) < 4.78 is 12.3. The smallest absolute Gasteiger partial charge is 0.302 e. The van der Waals surface area contributed by atoms with Crippen LogP contribution in [0.5, 0.6) is 0 Å². The summed E-state index contributed by atoms with van der Waals surface area (Å²) >= 11 is 10.5. The summed E-state index contributed by atoms with van der Waals surface area (Å²) in [5.74, 6) is -0.230. The molecule has 2 heterocycles. The van der Waals surface area contributed by atoms with Crippen LogP contribution in [0.25, 0.3) is 0 Å². The molecule has 126 valence electrons. The van der Waals surface area contributed by atoms with Crippen molar-refractivity contribution in [2.75, 3.05) is 0 Å². The van der Waals surface area contributed by atoms with Gasteiger partial charge >= 0.3 is 5.97 Å². The van der Waals surface area contributed by atoms with E-state index in [4.69, 9.17) is 21.1 Å². The molecular weight excluding hydrogens is 368 g/mol. The topological polar surface area (TPSA) is 35.5 Å². The Morgan fingerprint density at radius 2 is 1.91 bits per heavy atom. The van der Waals surface area contributed by atoms with Crippen LogP contribution in [0, 0.1) is 10.8 Å². The molecule has 6 atom stereocenters. The van der Waals surface area contributed by atoms with Crippen LogP contribution in [0.4, 0.5) is 0 Å². The van der Waals surface area contributed by atoms with Crippen LogP contribution in [-0.2, 0) is 14.3 Å². The molecule has 0 N–H and O–H groups in total. The van der Waals surface area contributed by atoms with Gasteiger partial charge in [0.1, 0.15) is 6.10 Å². The van der Waals surface area contributed by atoms with E-state index in [1.165, 1.54) is 6.92 Å². The molecule has 0 aromatic carbocycles. The Morgan fingerprint density at radius 3 is 2.41 bits per heavy atom. The lowest BCUT2D eigenvalue weighted by Gasteiger charge is -2.60. The van der Waals surface area contributed by atoms with E-state index in [9.17, 15) is 4.79 Å². The van der Waals surface area contributed by atoms with E-state index >= 15 is 0 Å². The molecular formula is C17H26BrClO3. The Labute approximate surface area is 146 Å². The van der Waals surface area contributed by atoms with Gasteiger partial charge in [0.25, 0.3) is 0 Å². The lowest BCUT2D eigenvalue weighted by Crippen LogP contribution is -2.65. The van der Waals surface area contributed by atoms with E-state index in [0.717, 1.165) is 19.3 Å². The number of hydrogen-bond donors (Lipinski definition) is 0. The minimum atomic E-state index is -0.417. The molecule has 1 saturated carbocycles. The van der Waals surface area contributed by atoms with Crippen molar-refractivity contribution in [1.29, 1.82) is 0 Å². The molecule has 2 aliphatic heterocycles. The average molecular weight is 394 g/mol. The number of esters is 1. The van der Waals surface area contributed by atoms with Crippen molar-refractivity contribution in [2.24, 2.45) is 10.8 Å². The number of carbonyl (C=O) groups is 1. The number of alkyl halides is 2. The molecule has 0 aromatic heterocycles. The fourth-order valence-electron chi connectivity index (χ4n) is 5.51. The van der Waals surface area contributed by atoms with Crippen molar-refractivity contribution in [3.05, 3.63) is 0 Å². The van der Waals surface area contributed by atoms with Gasteiger partial charge in [-0.25, -0.2) is 0 Å². The summed E-state index contributed by atoms with van der Waals surface area (Å²) in [6.45, 7) is 10.3. The van der Waals surface area contributed by atoms with Crippen LogP contribution in [0.15, 0.2) is 0 Å². The Kier molecular flexibility index (Phi) is 3.76. The maximum absolute atomic E-state index is 11.7. The fraction of sp³-hybridized carbons (Fsp3) is 0.941. The Morgan fingerprint density at radius 1 is 1.27 bits per heavy atom. The monoisotopic (exact) mass is 392 g/mol. The molecule has 3 aliphatic rings. The molecule has 3 nitrogen and oxygen atoms in total. The Hall–Kier alpha value is 0.200. The second kappa shape index (κ2) is 4.86. The zero-order valence-electron chi connectivity index (χ0n) is 14.0. The van der Waals surface area contributed by atoms with Crippen LogP contribution in [0.3, 0.4) is 0 Å².